The molecule has 2 aliphatic rings. The van der Waals surface area contributed by atoms with E-state index < -0.39 is 179 Å². The minimum Gasteiger partial charge on any atom is -0.377 e. The molecule has 1 saturated carbocycles. The first-order chi connectivity index (χ1) is 45.0. The second-order valence-corrected chi connectivity index (χ2v) is 25.2. The van der Waals surface area contributed by atoms with Crippen LogP contribution in [0, 0.1) is 5.92 Å². The van der Waals surface area contributed by atoms with Crippen LogP contribution in [-0.2, 0) is 81.5 Å². The summed E-state index contributed by atoms with van der Waals surface area (Å²) in [6, 6.07) is -8.94. The molecule has 11 unspecified atom stereocenters. The third-order valence-electron chi connectivity index (χ3n) is 15.2. The maximum Gasteiger partial charge on any atom is 0.245 e. The van der Waals surface area contributed by atoms with Crippen molar-refractivity contribution < 1.29 is 86.6 Å². The van der Waals surface area contributed by atoms with Gasteiger partial charge in [-0.25, -0.2) is 0 Å². The number of nitrogens with zero attached hydrogens (tertiary/aromatic N) is 1. The Bertz CT molecular complexity index is 2710. The number of nitrogens with two attached hydrogens (primary N) is 4. The second kappa shape index (κ2) is 44.8. The van der Waals surface area contributed by atoms with E-state index in [0.717, 1.165) is 35.3 Å². The number of hydrogen-bond donors (Lipinski definition) is 16. The van der Waals surface area contributed by atoms with Crippen LogP contribution in [0.4, 0.5) is 0 Å². The molecule has 1 heterocycles. The summed E-state index contributed by atoms with van der Waals surface area (Å²) in [4.78, 5) is 219. The number of nitrogens with one attached hydrogen (secondary N) is 11. The van der Waals surface area contributed by atoms with Gasteiger partial charge in [-0.3, -0.25) is 86.4 Å². The molecule has 20 N–H and O–H groups in total. The van der Waals surface area contributed by atoms with Crippen LogP contribution in [0.3, 0.4) is 0 Å². The van der Waals surface area contributed by atoms with E-state index in [9.17, 15) is 86.6 Å². The number of unbranched alkanes of at least 4 members (excludes halogenated alkanes) is 3. The Labute approximate surface area is 560 Å². The number of thioether (sulfide) groups is 2. The number of carbonyl (C=O) groups excluding carboxylic acids is 17. The predicted molar refractivity (Wildman–Crippen MR) is 347 cm³/mol. The number of aliphatic hydroxyl groups excluding tert-OH is 1. The first kappa shape index (κ1) is 83.3. The highest BCUT2D eigenvalue weighted by molar-refractivity contribution is 8.01. The number of likely N-dealkylation sites (tertiary alicyclic amines) is 1. The first-order valence-electron chi connectivity index (χ1n) is 32.0. The van der Waals surface area contributed by atoms with Gasteiger partial charge in [-0.2, -0.15) is 0 Å². The maximum absolute atomic E-state index is 13.8. The molecule has 2 fully saturated rings. The maximum atomic E-state index is 13.8. The van der Waals surface area contributed by atoms with E-state index in [1.165, 1.54) is 0 Å². The lowest BCUT2D eigenvalue weighted by Crippen LogP contribution is -2.60. The van der Waals surface area contributed by atoms with Crippen LogP contribution in [0.1, 0.15) is 150 Å². The Balaban J connectivity index is 2.00. The summed E-state index contributed by atoms with van der Waals surface area (Å²) in [7, 11) is 0. The standard InChI is InChI=1S/C59H98N16O18S2/c1-6-44(78)64-23-14-11-17-34(69-46(80)8-3)55(89)73-39(53(62)87)30-94-42-26-41(77)33(51(42)85)19-20-48(82)66-28-37(52(61)86)72-57(91)36(16-10-13-22-60)71-58(92)38(68-32(5)76)29-67-49(83)21-25-75-50(84)27-43(59(75)93)95-31-40(54(63)88)74-56(90)35(70-47(81)9-4)18-12-15-24-65-45(79)7-2/h33-40,42-43,52,86H,6-31,60-61H2,1-5H3,(H2,62,87)(H2,63,88)(H,64,78)(H,65,79)(H,66,82)(H,67,83)(H,68,76)(H,69,80)(H,70,81)(H,71,92)(H,72,91)(H,73,89)(H,74,90). The molecule has 36 heteroatoms. The normalized spacial score (nSPS) is 17.7. The zero-order valence-corrected chi connectivity index (χ0v) is 56.3. The third kappa shape index (κ3) is 31.5. The number of primary amides is 2. The number of Topliss-reactive ketones (excluding diaryl/α,β-unsaturated/α-hetero) is 2. The van der Waals surface area contributed by atoms with E-state index in [0.29, 0.717) is 58.0 Å². The minimum absolute atomic E-state index is 0.0340. The van der Waals surface area contributed by atoms with Crippen LogP contribution < -0.4 is 81.4 Å². The molecule has 534 valence electrons. The molecule has 1 aliphatic carbocycles. The van der Waals surface area contributed by atoms with E-state index in [4.69, 9.17) is 22.9 Å². The van der Waals surface area contributed by atoms with Crippen LogP contribution in [-0.4, -0.2) is 220 Å². The fourth-order valence-corrected chi connectivity index (χ4v) is 12.0. The van der Waals surface area contributed by atoms with E-state index in [-0.39, 0.29) is 94.1 Å². The highest BCUT2D eigenvalue weighted by Crippen LogP contribution is 2.32. The molecule has 1 saturated heterocycles. The van der Waals surface area contributed by atoms with Gasteiger partial charge < -0.3 is 86.5 Å². The summed E-state index contributed by atoms with van der Waals surface area (Å²) < 4.78 is 0. The molecule has 0 bridgehead atoms. The largest absolute Gasteiger partial charge is 0.377 e. The van der Waals surface area contributed by atoms with Gasteiger partial charge >= 0.3 is 0 Å². The average molecular weight is 1380 g/mol. The van der Waals surface area contributed by atoms with Crippen molar-refractivity contribution in [1.29, 1.82) is 0 Å². The quantitative estimate of drug-likeness (QED) is 0.0117. The van der Waals surface area contributed by atoms with Crippen LogP contribution >= 0.6 is 23.5 Å². The van der Waals surface area contributed by atoms with Crippen LogP contribution in [0.25, 0.3) is 0 Å². The van der Waals surface area contributed by atoms with Crippen molar-refractivity contribution in [1.82, 2.24) is 63.4 Å². The summed E-state index contributed by atoms with van der Waals surface area (Å²) in [5.41, 5.74) is 22.7. The van der Waals surface area contributed by atoms with Crippen molar-refractivity contribution in [2.75, 3.05) is 50.8 Å². The van der Waals surface area contributed by atoms with Crippen LogP contribution in [0.15, 0.2) is 0 Å². The summed E-state index contributed by atoms with van der Waals surface area (Å²) in [6.45, 7) is 7.17. The van der Waals surface area contributed by atoms with Crippen LogP contribution in [0.5, 0.6) is 0 Å². The molecule has 0 spiro atoms. The topological polar surface area (TPSA) is 550 Å². The first-order valence-corrected chi connectivity index (χ1v) is 34.1. The number of carbonyl (C=O) groups is 17. The molecule has 95 heavy (non-hydrogen) atoms. The van der Waals surface area contributed by atoms with E-state index >= 15 is 0 Å². The van der Waals surface area contributed by atoms with Crippen molar-refractivity contribution in [3.05, 3.63) is 0 Å². The highest BCUT2D eigenvalue weighted by atomic mass is 32.2. The van der Waals surface area contributed by atoms with Crippen molar-refractivity contribution in [2.24, 2.45) is 28.9 Å². The Kier molecular flexibility index (Phi) is 39.2. The molecule has 0 aromatic heterocycles. The zero-order valence-electron chi connectivity index (χ0n) is 54.7. The van der Waals surface area contributed by atoms with Gasteiger partial charge in [0.2, 0.25) is 88.6 Å². The van der Waals surface area contributed by atoms with Gasteiger partial charge in [-0.15, -0.1) is 23.5 Å². The number of imide groups is 1. The van der Waals surface area contributed by atoms with Gasteiger partial charge in [0, 0.05) is 103 Å². The number of rotatable bonds is 48. The van der Waals surface area contributed by atoms with E-state index in [1.807, 2.05) is 0 Å². The molecule has 11 atom stereocenters. The Morgan fingerprint density at radius 1 is 0.516 bits per heavy atom. The molecule has 34 nitrogen and oxygen atoms in total. The van der Waals surface area contributed by atoms with E-state index in [2.05, 4.69) is 58.5 Å². The fraction of sp³-hybridized carbons (Fsp3) is 0.712. The molecule has 0 aromatic rings. The van der Waals surface area contributed by atoms with Gasteiger partial charge in [-0.05, 0) is 70.8 Å². The smallest absolute Gasteiger partial charge is 0.245 e. The summed E-state index contributed by atoms with van der Waals surface area (Å²) in [5.74, 6) is -12.4. The molecule has 1 aliphatic heterocycles. The Morgan fingerprint density at radius 3 is 1.43 bits per heavy atom. The molecule has 0 aromatic carbocycles. The third-order valence-corrected chi connectivity index (χ3v) is 17.8. The lowest BCUT2D eigenvalue weighted by molar-refractivity contribution is -0.139. The predicted octanol–water partition coefficient (Wildman–Crippen LogP) is -5.49. The molecule has 2 rings (SSSR count). The number of amides is 15. The Morgan fingerprint density at radius 2 is 0.958 bits per heavy atom. The summed E-state index contributed by atoms with van der Waals surface area (Å²) >= 11 is 1.79. The van der Waals surface area contributed by atoms with Gasteiger partial charge in [0.15, 0.2) is 5.78 Å². The zero-order chi connectivity index (χ0) is 71.3. The fourth-order valence-electron chi connectivity index (χ4n) is 9.55. The lowest BCUT2D eigenvalue weighted by Gasteiger charge is -2.27. The molecule has 15 amide bonds. The number of hydrogen-bond acceptors (Lipinski definition) is 22. The van der Waals surface area contributed by atoms with Gasteiger partial charge in [-0.1, -0.05) is 27.7 Å². The highest BCUT2D eigenvalue weighted by Gasteiger charge is 2.43. The summed E-state index contributed by atoms with van der Waals surface area (Å²) in [6.07, 6.45) is 0.231. The SMILES string of the molecule is CCC(=O)NCCCCC(NC(=O)CC)C(=O)NC(CSC1CC(=O)C(CCC(=O)NCC(NC(=O)C(CCCCN)NC(=O)C(CNC(=O)CCN2C(=O)CC(SCC(NC(=O)C(CCCCNC(=O)CC)NC(=O)CC)C(N)=O)C2=O)NC(C)=O)C(N)O)C1=O)C(N)=O. The number of ketones is 2. The second-order valence-electron chi connectivity index (χ2n) is 22.7. The number of aliphatic hydroxyl groups is 1. The lowest BCUT2D eigenvalue weighted by atomic mass is 9.99. The minimum atomic E-state index is -1.79. The molecular formula is C59H98N16O18S2. The van der Waals surface area contributed by atoms with Crippen molar-refractivity contribution in [3.8, 4) is 0 Å². The molecule has 0 radical (unpaired) electrons. The Hall–Kier alpha value is -7.83. The van der Waals surface area contributed by atoms with E-state index in [1.54, 1.807) is 27.7 Å². The summed E-state index contributed by atoms with van der Waals surface area (Å²) in [5, 5.41) is 36.5. The average Bonchev–Trinajstić information content (AvgIpc) is 1.72. The molecular weight excluding hydrogens is 1280 g/mol. The van der Waals surface area contributed by atoms with Gasteiger partial charge in [0.1, 0.15) is 48.3 Å². The van der Waals surface area contributed by atoms with Gasteiger partial charge in [0.05, 0.1) is 22.5 Å². The van der Waals surface area contributed by atoms with Crippen molar-refractivity contribution >= 4 is 124 Å². The monoisotopic (exact) mass is 1380 g/mol. The van der Waals surface area contributed by atoms with Gasteiger partial charge in [0.25, 0.3) is 0 Å². The van der Waals surface area contributed by atoms with Crippen molar-refractivity contribution in [2.45, 2.75) is 209 Å². The van der Waals surface area contributed by atoms with Crippen molar-refractivity contribution in [3.63, 3.8) is 0 Å². The van der Waals surface area contributed by atoms with Crippen LogP contribution in [0.2, 0.25) is 0 Å².